The Morgan fingerprint density at radius 2 is 2.09 bits per heavy atom. The van der Waals surface area contributed by atoms with Crippen LogP contribution in [0.1, 0.15) is 60.2 Å². The number of fused-ring (bicyclic) bond motifs is 2. The van der Waals surface area contributed by atoms with E-state index in [1.807, 2.05) is 18.2 Å². The van der Waals surface area contributed by atoms with Crippen molar-refractivity contribution in [2.45, 2.75) is 46.5 Å². The van der Waals surface area contributed by atoms with Crippen LogP contribution in [0.2, 0.25) is 0 Å². The molecule has 1 unspecified atom stereocenters. The summed E-state index contributed by atoms with van der Waals surface area (Å²) in [4.78, 5) is 31.8. The van der Waals surface area contributed by atoms with E-state index in [1.54, 1.807) is 12.1 Å². The maximum atomic E-state index is 13.5. The fraction of sp³-hybridized carbons (Fsp3) is 0.360. The molecule has 7 nitrogen and oxygen atoms in total. The molecule has 0 spiro atoms. The van der Waals surface area contributed by atoms with E-state index in [0.29, 0.717) is 22.2 Å². The van der Waals surface area contributed by atoms with Crippen molar-refractivity contribution in [2.75, 3.05) is 5.73 Å². The zero-order valence-electron chi connectivity index (χ0n) is 19.0. The summed E-state index contributed by atoms with van der Waals surface area (Å²) in [6.45, 7) is 6.90. The monoisotopic (exact) mass is 463 g/mol. The number of carbonyl (C=O) groups excluding carboxylic acids is 1. The van der Waals surface area contributed by atoms with Gasteiger partial charge in [0.1, 0.15) is 9.71 Å². The minimum atomic E-state index is -0.738. The number of aromatic nitrogens is 3. The van der Waals surface area contributed by atoms with Crippen LogP contribution in [-0.4, -0.2) is 16.0 Å². The van der Waals surface area contributed by atoms with Crippen molar-refractivity contribution in [1.82, 2.24) is 10.3 Å². The Balaban J connectivity index is 1.57. The number of carbonyl (C=O) groups is 1. The predicted molar refractivity (Wildman–Crippen MR) is 128 cm³/mol. The second-order valence-electron chi connectivity index (χ2n) is 9.40. The van der Waals surface area contributed by atoms with Gasteiger partial charge in [-0.2, -0.15) is 0 Å². The molecule has 33 heavy (non-hydrogen) atoms. The number of hydrogen-bond acceptors (Lipinski definition) is 6. The van der Waals surface area contributed by atoms with Gasteiger partial charge in [0, 0.05) is 23.2 Å². The number of anilines is 1. The third kappa shape index (κ3) is 3.58. The normalized spacial score (nSPS) is 16.2. The second kappa shape index (κ2) is 7.95. The molecule has 0 aliphatic heterocycles. The molecule has 0 radical (unpaired) electrons. The van der Waals surface area contributed by atoms with Gasteiger partial charge in [-0.3, -0.25) is 9.32 Å². The number of para-hydroxylation sites is 1. The summed E-state index contributed by atoms with van der Waals surface area (Å²) >= 11 is 1.23. The summed E-state index contributed by atoms with van der Waals surface area (Å²) in [5.41, 5.74) is 9.16. The first-order valence-corrected chi connectivity index (χ1v) is 12.1. The topological polar surface area (TPSA) is 106 Å². The van der Waals surface area contributed by atoms with Crippen LogP contribution in [0.3, 0.4) is 0 Å². The Morgan fingerprint density at radius 3 is 2.82 bits per heavy atom. The van der Waals surface area contributed by atoms with Crippen LogP contribution in [-0.2, 0) is 12.8 Å². The van der Waals surface area contributed by atoms with E-state index in [9.17, 15) is 9.59 Å². The van der Waals surface area contributed by atoms with Crippen molar-refractivity contribution in [1.29, 1.82) is 0 Å². The molecule has 5 rings (SSSR count). The predicted octanol–water partition coefficient (Wildman–Crippen LogP) is 4.21. The van der Waals surface area contributed by atoms with Crippen LogP contribution in [0.15, 0.2) is 45.7 Å². The molecule has 170 valence electrons. The fourth-order valence-electron chi connectivity index (χ4n) is 4.65. The first-order chi connectivity index (χ1) is 15.8. The summed E-state index contributed by atoms with van der Waals surface area (Å²) in [7, 11) is 0. The first kappa shape index (κ1) is 21.6. The molecule has 4 aromatic rings. The highest BCUT2D eigenvalue weighted by Crippen LogP contribution is 2.42. The zero-order chi connectivity index (χ0) is 23.3. The van der Waals surface area contributed by atoms with Crippen molar-refractivity contribution in [2.24, 2.45) is 11.3 Å². The van der Waals surface area contributed by atoms with Crippen LogP contribution in [0.4, 0.5) is 5.69 Å². The second-order valence-corrected chi connectivity index (χ2v) is 10.4. The third-order valence-electron chi connectivity index (χ3n) is 7.18. The number of thiophene rings is 1. The lowest BCUT2D eigenvalue weighted by Gasteiger charge is -2.36. The Bertz CT molecular complexity index is 1410. The summed E-state index contributed by atoms with van der Waals surface area (Å²) < 4.78 is 6.30. The molecule has 0 bridgehead atoms. The Kier molecular flexibility index (Phi) is 5.20. The highest BCUT2D eigenvalue weighted by Gasteiger charge is 2.36. The smallest absolute Gasteiger partial charge is 0.397 e. The highest BCUT2D eigenvalue weighted by molar-refractivity contribution is 7.21. The van der Waals surface area contributed by atoms with Gasteiger partial charge in [-0.15, -0.1) is 11.3 Å². The SMILES string of the molecule is CCC(C)(C)C1CCc2nc3sc(C(=O)c4c(=O)o[nH][n+]4-c4ccccc4)c(N)c3cc2C1. The van der Waals surface area contributed by atoms with Gasteiger partial charge in [-0.1, -0.05) is 45.4 Å². The van der Waals surface area contributed by atoms with Crippen molar-refractivity contribution < 1.29 is 14.0 Å². The molecule has 8 heteroatoms. The molecule has 1 aliphatic rings. The van der Waals surface area contributed by atoms with E-state index in [2.05, 4.69) is 32.1 Å². The molecule has 3 aromatic heterocycles. The molecular weight excluding hydrogens is 436 g/mol. The van der Waals surface area contributed by atoms with Crippen LogP contribution < -0.4 is 16.0 Å². The van der Waals surface area contributed by atoms with Crippen LogP contribution in [0.25, 0.3) is 15.9 Å². The molecule has 3 heterocycles. The maximum absolute atomic E-state index is 13.5. The molecule has 0 fully saturated rings. The number of hydrogen-bond donors (Lipinski definition) is 2. The number of aromatic amines is 1. The number of ketones is 1. The number of benzene rings is 1. The standard InChI is InChI=1S/C25H26N4O3S/c1-4-25(2,3)15-10-11-18-14(12-15)13-17-19(26)22(33-23(17)27-18)21(30)20-24(31)32-28-29(20)16-8-6-5-7-9-16/h5-9,13,15H,4,10-12H2,1-3H3,(H2-,26,28,30,31)/p+1. The van der Waals surface area contributed by atoms with Crippen molar-refractivity contribution >= 4 is 33.0 Å². The summed E-state index contributed by atoms with van der Waals surface area (Å²) in [5.74, 6) is 0.113. The van der Waals surface area contributed by atoms with Gasteiger partial charge in [0.25, 0.3) is 5.78 Å². The Labute approximate surface area is 195 Å². The average Bonchev–Trinajstić information content (AvgIpc) is 3.37. The first-order valence-electron chi connectivity index (χ1n) is 11.2. The minimum Gasteiger partial charge on any atom is -0.397 e. The quantitative estimate of drug-likeness (QED) is 0.341. The van der Waals surface area contributed by atoms with Gasteiger partial charge in [-0.25, -0.2) is 9.78 Å². The molecule has 3 N–H and O–H groups in total. The van der Waals surface area contributed by atoms with Gasteiger partial charge in [0.05, 0.1) is 5.69 Å². The molecule has 1 atom stereocenters. The number of aryl methyl sites for hydroxylation is 1. The van der Waals surface area contributed by atoms with Crippen LogP contribution in [0, 0.1) is 11.3 Å². The number of nitrogens with zero attached hydrogens (tertiary/aromatic N) is 2. The van der Waals surface area contributed by atoms with E-state index in [1.165, 1.54) is 21.6 Å². The maximum Gasteiger partial charge on any atom is 0.439 e. The van der Waals surface area contributed by atoms with Gasteiger partial charge in [0.15, 0.2) is 0 Å². The Morgan fingerprint density at radius 1 is 1.33 bits per heavy atom. The average molecular weight is 464 g/mol. The van der Waals surface area contributed by atoms with E-state index in [0.717, 1.165) is 41.6 Å². The number of pyridine rings is 1. The van der Waals surface area contributed by atoms with Gasteiger partial charge < -0.3 is 5.73 Å². The zero-order valence-corrected chi connectivity index (χ0v) is 19.8. The lowest BCUT2D eigenvalue weighted by Crippen LogP contribution is -2.41. The number of rotatable bonds is 5. The van der Waals surface area contributed by atoms with Crippen molar-refractivity contribution in [3.8, 4) is 5.69 Å². The lowest BCUT2D eigenvalue weighted by molar-refractivity contribution is -0.672. The third-order valence-corrected chi connectivity index (χ3v) is 8.30. The summed E-state index contributed by atoms with van der Waals surface area (Å²) in [6, 6.07) is 11.1. The number of nitrogens with two attached hydrogens (primary N) is 1. The number of nitrogen functional groups attached to an aromatic ring is 1. The van der Waals surface area contributed by atoms with E-state index in [-0.39, 0.29) is 11.1 Å². The largest absolute Gasteiger partial charge is 0.439 e. The van der Waals surface area contributed by atoms with E-state index in [4.69, 9.17) is 15.2 Å². The molecule has 1 aromatic carbocycles. The van der Waals surface area contributed by atoms with Crippen LogP contribution in [0.5, 0.6) is 0 Å². The van der Waals surface area contributed by atoms with Crippen molar-refractivity contribution in [3.05, 3.63) is 68.6 Å². The minimum absolute atomic E-state index is 0.117. The molecule has 0 amide bonds. The van der Waals surface area contributed by atoms with Crippen LogP contribution >= 0.6 is 11.3 Å². The van der Waals surface area contributed by atoms with Crippen molar-refractivity contribution in [3.63, 3.8) is 0 Å². The van der Waals surface area contributed by atoms with E-state index < -0.39 is 11.4 Å². The van der Waals surface area contributed by atoms with Gasteiger partial charge >= 0.3 is 11.3 Å². The molecule has 0 saturated carbocycles. The van der Waals surface area contributed by atoms with Gasteiger partial charge in [-0.05, 0) is 52.2 Å². The number of nitrogens with one attached hydrogen (secondary N) is 1. The lowest BCUT2D eigenvalue weighted by atomic mass is 9.69. The molecule has 0 saturated heterocycles. The number of H-pyrrole nitrogens is 1. The highest BCUT2D eigenvalue weighted by atomic mass is 32.1. The van der Waals surface area contributed by atoms with E-state index >= 15 is 0 Å². The summed E-state index contributed by atoms with van der Waals surface area (Å²) in [5, 5.41) is 3.30. The Hall–Kier alpha value is -3.26. The fourth-order valence-corrected chi connectivity index (χ4v) is 5.68. The van der Waals surface area contributed by atoms with Gasteiger partial charge in [0.2, 0.25) is 5.69 Å². The molecular formula is C25H27N4O3S+. The summed E-state index contributed by atoms with van der Waals surface area (Å²) in [6.07, 6.45) is 4.13. The molecule has 1 aliphatic carbocycles.